The van der Waals surface area contributed by atoms with Gasteiger partial charge >= 0.3 is 11.9 Å². The van der Waals surface area contributed by atoms with Crippen LogP contribution < -0.4 is 0 Å². The van der Waals surface area contributed by atoms with E-state index in [1.165, 1.54) is 51.4 Å². The maximum atomic E-state index is 12.1. The molecule has 0 radical (unpaired) electrons. The molecular formula is C26H42O4. The summed E-state index contributed by atoms with van der Waals surface area (Å²) in [4.78, 5) is 24.2. The molecule has 1 aromatic carbocycles. The van der Waals surface area contributed by atoms with Crippen LogP contribution in [0.1, 0.15) is 119 Å². The maximum absolute atomic E-state index is 12.1. The molecule has 0 unspecified atom stereocenters. The molecule has 0 fully saturated rings. The minimum absolute atomic E-state index is 0.331. The third kappa shape index (κ3) is 11.4. The van der Waals surface area contributed by atoms with Crippen molar-refractivity contribution in [1.82, 2.24) is 0 Å². The van der Waals surface area contributed by atoms with Crippen LogP contribution in [-0.4, -0.2) is 25.2 Å². The van der Waals surface area contributed by atoms with Crippen LogP contribution in [0.15, 0.2) is 24.3 Å². The molecule has 0 saturated heterocycles. The largest absolute Gasteiger partial charge is 0.462 e. The Morgan fingerprint density at radius 3 is 1.57 bits per heavy atom. The lowest BCUT2D eigenvalue weighted by atomic mass is 10.1. The molecule has 1 rings (SSSR count). The molecule has 170 valence electrons. The Morgan fingerprint density at radius 2 is 1.10 bits per heavy atom. The molecule has 0 N–H and O–H groups in total. The first-order valence-electron chi connectivity index (χ1n) is 12.1. The lowest BCUT2D eigenvalue weighted by molar-refractivity contribution is 0.0430. The van der Waals surface area contributed by atoms with Crippen LogP contribution in [-0.2, 0) is 9.47 Å². The van der Waals surface area contributed by atoms with Crippen molar-refractivity contribution in [3.8, 4) is 0 Å². The van der Waals surface area contributed by atoms with Gasteiger partial charge in [-0.15, -0.1) is 0 Å². The number of hydrogen-bond acceptors (Lipinski definition) is 4. The van der Waals surface area contributed by atoms with Gasteiger partial charge in [0.1, 0.15) is 0 Å². The molecule has 4 nitrogen and oxygen atoms in total. The Balaban J connectivity index is 2.17. The molecule has 4 heteroatoms. The van der Waals surface area contributed by atoms with Gasteiger partial charge in [0, 0.05) is 0 Å². The van der Waals surface area contributed by atoms with Crippen molar-refractivity contribution < 1.29 is 19.1 Å². The highest BCUT2D eigenvalue weighted by molar-refractivity contribution is 5.93. The molecule has 30 heavy (non-hydrogen) atoms. The predicted molar refractivity (Wildman–Crippen MR) is 123 cm³/mol. The second kappa shape index (κ2) is 16.9. The average Bonchev–Trinajstić information content (AvgIpc) is 2.78. The van der Waals surface area contributed by atoms with Crippen LogP contribution in [0.4, 0.5) is 0 Å². The second-order valence-electron chi connectivity index (χ2n) is 8.18. The molecule has 0 aliphatic heterocycles. The van der Waals surface area contributed by atoms with E-state index in [1.54, 1.807) is 24.3 Å². The average molecular weight is 419 g/mol. The van der Waals surface area contributed by atoms with E-state index >= 15 is 0 Å². The first kappa shape index (κ1) is 26.2. The first-order chi connectivity index (χ1) is 14.6. The fourth-order valence-electron chi connectivity index (χ4n) is 3.38. The number of carbonyl (C=O) groups is 2. The fourth-order valence-corrected chi connectivity index (χ4v) is 3.38. The number of benzene rings is 1. The van der Waals surface area contributed by atoms with E-state index in [0.717, 1.165) is 25.7 Å². The Kier molecular flexibility index (Phi) is 14.8. The van der Waals surface area contributed by atoms with Crippen molar-refractivity contribution in [3.05, 3.63) is 35.4 Å². The van der Waals surface area contributed by atoms with Gasteiger partial charge in [-0.3, -0.25) is 0 Å². The summed E-state index contributed by atoms with van der Waals surface area (Å²) in [5.74, 6) is -0.274. The summed E-state index contributed by atoms with van der Waals surface area (Å²) in [5, 5.41) is 0. The van der Waals surface area contributed by atoms with E-state index in [2.05, 4.69) is 20.8 Å². The lowest BCUT2D eigenvalue weighted by Gasteiger charge is -2.12. The fraction of sp³-hybridized carbons (Fsp3) is 0.692. The Hall–Kier alpha value is -1.84. The maximum Gasteiger partial charge on any atom is 0.338 e. The van der Waals surface area contributed by atoms with Gasteiger partial charge in [-0.1, -0.05) is 91.4 Å². The van der Waals surface area contributed by atoms with Crippen molar-refractivity contribution in [2.45, 2.75) is 97.8 Å². The summed E-state index contributed by atoms with van der Waals surface area (Å²) < 4.78 is 10.7. The minimum atomic E-state index is -0.341. The van der Waals surface area contributed by atoms with Crippen molar-refractivity contribution in [2.24, 2.45) is 5.92 Å². The summed E-state index contributed by atoms with van der Waals surface area (Å²) in [7, 11) is 0. The Bertz CT molecular complexity index is 575. The summed E-state index contributed by atoms with van der Waals surface area (Å²) in [6, 6.07) is 6.53. The lowest BCUT2D eigenvalue weighted by Crippen LogP contribution is -2.13. The molecule has 1 aromatic rings. The van der Waals surface area contributed by atoms with Crippen LogP contribution in [0.2, 0.25) is 0 Å². The normalized spacial score (nSPS) is 10.9. The minimum Gasteiger partial charge on any atom is -0.462 e. The van der Waals surface area contributed by atoms with Crippen molar-refractivity contribution in [2.75, 3.05) is 13.2 Å². The van der Waals surface area contributed by atoms with E-state index in [0.29, 0.717) is 30.3 Å². The van der Waals surface area contributed by atoms with E-state index in [1.807, 2.05) is 0 Å². The summed E-state index contributed by atoms with van der Waals surface area (Å²) >= 11 is 0. The highest BCUT2D eigenvalue weighted by atomic mass is 16.5. The van der Waals surface area contributed by atoms with Gasteiger partial charge in [0.05, 0.1) is 24.3 Å². The number of ether oxygens (including phenoxy) is 2. The van der Waals surface area contributed by atoms with Crippen LogP contribution in [0.5, 0.6) is 0 Å². The van der Waals surface area contributed by atoms with E-state index < -0.39 is 0 Å². The molecule has 0 spiro atoms. The Labute approximate surface area is 183 Å². The quantitative estimate of drug-likeness (QED) is 0.196. The Morgan fingerprint density at radius 1 is 0.667 bits per heavy atom. The number of unbranched alkanes of at least 4 members (excludes halogenated alkanes) is 9. The SMILES string of the molecule is CCCCCCCCCCCCOC(=O)c1ccc(C(=O)OCC(CC)CC)cc1. The van der Waals surface area contributed by atoms with Gasteiger partial charge in [-0.25, -0.2) is 9.59 Å². The van der Waals surface area contributed by atoms with Crippen LogP contribution in [0.3, 0.4) is 0 Å². The van der Waals surface area contributed by atoms with E-state index in [9.17, 15) is 9.59 Å². The van der Waals surface area contributed by atoms with Gasteiger partial charge in [-0.05, 0) is 36.6 Å². The molecule has 0 heterocycles. The smallest absolute Gasteiger partial charge is 0.338 e. The predicted octanol–water partition coefficient (Wildman–Crippen LogP) is 7.36. The number of carbonyl (C=O) groups excluding carboxylic acids is 2. The van der Waals surface area contributed by atoms with Gasteiger partial charge in [-0.2, -0.15) is 0 Å². The summed E-state index contributed by atoms with van der Waals surface area (Å²) in [6.45, 7) is 7.33. The number of hydrogen-bond donors (Lipinski definition) is 0. The molecule has 0 bridgehead atoms. The molecule has 0 aromatic heterocycles. The zero-order valence-electron chi connectivity index (χ0n) is 19.4. The van der Waals surface area contributed by atoms with E-state index in [-0.39, 0.29) is 11.9 Å². The van der Waals surface area contributed by atoms with Gasteiger partial charge in [0.15, 0.2) is 0 Å². The monoisotopic (exact) mass is 418 g/mol. The van der Waals surface area contributed by atoms with Crippen molar-refractivity contribution in [1.29, 1.82) is 0 Å². The standard InChI is InChI=1S/C26H42O4/c1-4-7-8-9-10-11-12-13-14-15-20-29-25(27)23-16-18-24(19-17-23)26(28)30-21-22(5-2)6-3/h16-19,22H,4-15,20-21H2,1-3H3. The number of esters is 2. The molecule has 0 amide bonds. The summed E-state index contributed by atoms with van der Waals surface area (Å²) in [5.41, 5.74) is 0.936. The molecule has 0 saturated carbocycles. The number of rotatable bonds is 17. The van der Waals surface area contributed by atoms with Gasteiger partial charge in [0.25, 0.3) is 0 Å². The molecule has 0 atom stereocenters. The van der Waals surface area contributed by atoms with Gasteiger partial charge < -0.3 is 9.47 Å². The van der Waals surface area contributed by atoms with E-state index in [4.69, 9.17) is 9.47 Å². The highest BCUT2D eigenvalue weighted by Gasteiger charge is 2.13. The summed E-state index contributed by atoms with van der Waals surface area (Å²) in [6.07, 6.45) is 14.5. The van der Waals surface area contributed by atoms with Crippen LogP contribution >= 0.6 is 0 Å². The zero-order valence-corrected chi connectivity index (χ0v) is 19.4. The molecule has 0 aliphatic rings. The third-order valence-electron chi connectivity index (χ3n) is 5.69. The van der Waals surface area contributed by atoms with Gasteiger partial charge in [0.2, 0.25) is 0 Å². The van der Waals surface area contributed by atoms with Crippen molar-refractivity contribution >= 4 is 11.9 Å². The third-order valence-corrected chi connectivity index (χ3v) is 5.69. The highest BCUT2D eigenvalue weighted by Crippen LogP contribution is 2.13. The topological polar surface area (TPSA) is 52.6 Å². The molecular weight excluding hydrogens is 376 g/mol. The molecule has 0 aliphatic carbocycles. The van der Waals surface area contributed by atoms with Crippen LogP contribution in [0, 0.1) is 5.92 Å². The van der Waals surface area contributed by atoms with Crippen molar-refractivity contribution in [3.63, 3.8) is 0 Å². The second-order valence-corrected chi connectivity index (χ2v) is 8.18. The zero-order chi connectivity index (χ0) is 22.0. The van der Waals surface area contributed by atoms with Crippen LogP contribution in [0.25, 0.3) is 0 Å². The first-order valence-corrected chi connectivity index (χ1v) is 12.1.